The van der Waals surface area contributed by atoms with Gasteiger partial charge in [0.25, 0.3) is 0 Å². The Morgan fingerprint density at radius 1 is 0.674 bits per heavy atom. The Morgan fingerprint density at radius 2 is 1.26 bits per heavy atom. The van der Waals surface area contributed by atoms with Gasteiger partial charge in [-0.05, 0) is 70.8 Å². The minimum atomic E-state index is -0.202. The van der Waals surface area contributed by atoms with Crippen molar-refractivity contribution in [3.8, 4) is 6.07 Å². The molecular weight excluding hydrogens is 565 g/mol. The summed E-state index contributed by atoms with van der Waals surface area (Å²) in [6.45, 7) is 7.62. The van der Waals surface area contributed by atoms with Gasteiger partial charge in [-0.15, -0.1) is 22.7 Å². The van der Waals surface area contributed by atoms with Crippen LogP contribution in [0.25, 0.3) is 56.2 Å². The fraction of sp³-hybridized carbons (Fsp3) is 0.0811. The van der Waals surface area contributed by atoms with Crippen LogP contribution in [-0.2, 0) is 5.41 Å². The summed E-state index contributed by atoms with van der Waals surface area (Å²) in [5.74, 6) is 0.212. The first-order valence-corrected chi connectivity index (χ1v) is 15.9. The van der Waals surface area contributed by atoms with Crippen molar-refractivity contribution in [1.82, 2.24) is 9.97 Å². The summed E-state index contributed by atoms with van der Waals surface area (Å²) in [7, 11) is 0. The molecule has 0 saturated carbocycles. The third-order valence-corrected chi connectivity index (χ3v) is 12.4. The third-order valence-electron chi connectivity index (χ3n) is 10.1. The summed E-state index contributed by atoms with van der Waals surface area (Å²) >= 11 is 3.72. The van der Waals surface area contributed by atoms with Crippen LogP contribution in [0.5, 0.6) is 0 Å². The molecule has 5 aromatic carbocycles. The predicted octanol–water partition coefficient (Wildman–Crippen LogP) is 9.68. The fourth-order valence-electron chi connectivity index (χ4n) is 8.49. The van der Waals surface area contributed by atoms with Crippen LogP contribution in [0, 0.1) is 17.9 Å². The number of benzene rings is 5. The minimum absolute atomic E-state index is 0.100. The monoisotopic (exact) mass is 580 g/mol. The van der Waals surface area contributed by atoms with Crippen LogP contribution in [0.3, 0.4) is 0 Å². The van der Waals surface area contributed by atoms with Crippen LogP contribution in [-0.4, -0.2) is 9.97 Å². The summed E-state index contributed by atoms with van der Waals surface area (Å²) < 4.78 is 5.26. The largest absolute Gasteiger partial charge is 0.250 e. The molecule has 3 unspecified atom stereocenters. The first-order chi connectivity index (χ1) is 21.2. The molecule has 3 atom stereocenters. The topological polar surface area (TPSA) is 53.9 Å². The zero-order chi connectivity index (χ0) is 28.2. The molecule has 196 valence electrons. The number of nitriles is 1. The molecular formula is C37H16N4S2. The molecule has 3 heterocycles. The lowest BCUT2D eigenvalue weighted by atomic mass is 9.43. The van der Waals surface area contributed by atoms with Crippen molar-refractivity contribution in [2.45, 2.75) is 17.3 Å². The molecule has 6 heteroatoms. The molecule has 11 rings (SSSR count). The van der Waals surface area contributed by atoms with E-state index in [1.54, 1.807) is 12.1 Å². The summed E-state index contributed by atoms with van der Waals surface area (Å²) in [6.07, 6.45) is 0. The van der Waals surface area contributed by atoms with Crippen molar-refractivity contribution in [1.29, 1.82) is 5.26 Å². The van der Waals surface area contributed by atoms with Crippen LogP contribution in [0.2, 0.25) is 0 Å². The van der Waals surface area contributed by atoms with Gasteiger partial charge in [-0.2, -0.15) is 5.26 Å². The van der Waals surface area contributed by atoms with Crippen LogP contribution < -0.4 is 0 Å². The standard InChI is InChI=1S/C37H16N4S2/c1-39-26-15-28-27(10-17(26)16-38)40-35-33-22-11-20-18-6-2-4-8-29(18)43-32(20)14-25(22)37(33)24-12-21-19-7-3-5-9-30(19)42-31(21)13-23(24)34(37)36(35)41-28/h2-15,33-34H. The van der Waals surface area contributed by atoms with E-state index in [2.05, 4.69) is 83.7 Å². The predicted molar refractivity (Wildman–Crippen MR) is 174 cm³/mol. The summed E-state index contributed by atoms with van der Waals surface area (Å²) in [5.41, 5.74) is 9.38. The number of hydrogen-bond donors (Lipinski definition) is 0. The number of fused-ring (bicyclic) bond motifs is 14. The van der Waals surface area contributed by atoms with E-state index in [0.29, 0.717) is 22.3 Å². The molecule has 0 N–H and O–H groups in total. The Bertz CT molecular complexity index is 2740. The van der Waals surface area contributed by atoms with E-state index in [1.807, 2.05) is 22.7 Å². The lowest BCUT2D eigenvalue weighted by Crippen LogP contribution is -2.52. The number of aromatic nitrogens is 2. The van der Waals surface area contributed by atoms with Crippen molar-refractivity contribution in [3.05, 3.63) is 136 Å². The number of rotatable bonds is 0. The highest BCUT2D eigenvalue weighted by Gasteiger charge is 2.71. The highest BCUT2D eigenvalue weighted by atomic mass is 32.1. The van der Waals surface area contributed by atoms with Gasteiger partial charge in [-0.25, -0.2) is 14.8 Å². The van der Waals surface area contributed by atoms with Crippen LogP contribution in [0.1, 0.15) is 51.0 Å². The molecule has 0 saturated heterocycles. The highest BCUT2D eigenvalue weighted by Crippen LogP contribution is 2.77. The van der Waals surface area contributed by atoms with Crippen molar-refractivity contribution in [3.63, 3.8) is 0 Å². The van der Waals surface area contributed by atoms with Crippen molar-refractivity contribution < 1.29 is 0 Å². The molecule has 3 aliphatic carbocycles. The molecule has 0 amide bonds. The van der Waals surface area contributed by atoms with Crippen LogP contribution in [0.15, 0.2) is 84.9 Å². The van der Waals surface area contributed by atoms with Gasteiger partial charge in [0, 0.05) is 57.6 Å². The van der Waals surface area contributed by atoms with Gasteiger partial charge in [0.2, 0.25) is 5.69 Å². The molecule has 0 radical (unpaired) electrons. The van der Waals surface area contributed by atoms with Crippen molar-refractivity contribution in [2.24, 2.45) is 0 Å². The number of nitrogens with zero attached hydrogens (tertiary/aromatic N) is 4. The number of hydrogen-bond acceptors (Lipinski definition) is 5. The summed E-state index contributed by atoms with van der Waals surface area (Å²) in [6, 6.07) is 32.8. The van der Waals surface area contributed by atoms with E-state index in [4.69, 9.17) is 16.5 Å². The van der Waals surface area contributed by atoms with Gasteiger partial charge in [0.1, 0.15) is 0 Å². The Morgan fingerprint density at radius 3 is 1.93 bits per heavy atom. The van der Waals surface area contributed by atoms with Crippen LogP contribution in [0.4, 0.5) is 5.69 Å². The zero-order valence-corrected chi connectivity index (χ0v) is 24.0. The second kappa shape index (κ2) is 7.25. The fourth-order valence-corrected chi connectivity index (χ4v) is 10.8. The van der Waals surface area contributed by atoms with Gasteiger partial charge in [0.15, 0.2) is 0 Å². The van der Waals surface area contributed by atoms with Gasteiger partial charge in [0.05, 0.1) is 40.6 Å². The Balaban J connectivity index is 1.25. The zero-order valence-electron chi connectivity index (χ0n) is 22.3. The molecule has 0 fully saturated rings. The SMILES string of the molecule is [C-]#[N+]c1cc2nc3c(nc2cc1C#N)C1c2cc4c(cc2C12c1cc5c(cc1C32)sc1ccccc15)sc1ccccc14. The molecule has 0 aliphatic heterocycles. The van der Waals surface area contributed by atoms with Gasteiger partial charge in [-0.3, -0.25) is 0 Å². The summed E-state index contributed by atoms with van der Waals surface area (Å²) in [5, 5.41) is 15.0. The lowest BCUT2D eigenvalue weighted by molar-refractivity contribution is 0.330. The van der Waals surface area contributed by atoms with E-state index in [0.717, 1.165) is 11.4 Å². The maximum atomic E-state index is 9.72. The first kappa shape index (κ1) is 22.5. The minimum Gasteiger partial charge on any atom is -0.250 e. The van der Waals surface area contributed by atoms with E-state index >= 15 is 0 Å². The maximum Gasteiger partial charge on any atom is 0.206 e. The van der Waals surface area contributed by atoms with Crippen molar-refractivity contribution >= 4 is 79.7 Å². The van der Waals surface area contributed by atoms with E-state index in [9.17, 15) is 5.26 Å². The van der Waals surface area contributed by atoms with Gasteiger partial charge < -0.3 is 0 Å². The smallest absolute Gasteiger partial charge is 0.206 e. The molecule has 3 aromatic heterocycles. The average molecular weight is 581 g/mol. The Kier molecular flexibility index (Phi) is 3.79. The second-order valence-electron chi connectivity index (χ2n) is 11.9. The molecule has 3 aliphatic rings. The summed E-state index contributed by atoms with van der Waals surface area (Å²) in [4.78, 5) is 14.1. The number of thiophene rings is 2. The van der Waals surface area contributed by atoms with E-state index in [1.165, 1.54) is 62.6 Å². The normalized spacial score (nSPS) is 20.6. The van der Waals surface area contributed by atoms with Crippen molar-refractivity contribution in [2.75, 3.05) is 0 Å². The average Bonchev–Trinajstić information content (AvgIpc) is 3.64. The highest BCUT2D eigenvalue weighted by molar-refractivity contribution is 7.26. The molecule has 43 heavy (non-hydrogen) atoms. The lowest BCUT2D eigenvalue weighted by Gasteiger charge is -2.58. The van der Waals surface area contributed by atoms with Gasteiger partial charge in [-0.1, -0.05) is 36.4 Å². The van der Waals surface area contributed by atoms with Gasteiger partial charge >= 0.3 is 0 Å². The first-order valence-electron chi connectivity index (χ1n) is 14.2. The van der Waals surface area contributed by atoms with E-state index in [-0.39, 0.29) is 17.3 Å². The van der Waals surface area contributed by atoms with E-state index < -0.39 is 0 Å². The second-order valence-corrected chi connectivity index (χ2v) is 14.0. The quantitative estimate of drug-likeness (QED) is 0.168. The Labute approximate surface area is 252 Å². The Hall–Kier alpha value is -5.14. The molecule has 1 spiro atoms. The maximum absolute atomic E-state index is 9.72. The molecule has 8 aromatic rings. The molecule has 4 nitrogen and oxygen atoms in total. The third kappa shape index (κ3) is 2.39. The van der Waals surface area contributed by atoms with Crippen LogP contribution >= 0.6 is 22.7 Å². The molecule has 0 bridgehead atoms.